The van der Waals surface area contributed by atoms with Gasteiger partial charge in [0, 0.05) is 16.8 Å². The fourth-order valence-electron chi connectivity index (χ4n) is 2.19. The summed E-state index contributed by atoms with van der Waals surface area (Å²) in [7, 11) is 1.62. The molecule has 2 aromatic heterocycles. The standard InChI is InChI=1S/C16H14ClN3O/c1-11-7-15(12-8-13(17)10-14(9-12)21-2)20(19-11)16-5-3-4-6-18-16/h3-10H,1-2H3. The molecule has 0 saturated carbocycles. The summed E-state index contributed by atoms with van der Waals surface area (Å²) < 4.78 is 7.09. The van der Waals surface area contributed by atoms with Gasteiger partial charge in [-0.2, -0.15) is 5.10 Å². The number of ether oxygens (including phenoxy) is 1. The Morgan fingerprint density at radius 2 is 2.00 bits per heavy atom. The Kier molecular flexibility index (Phi) is 3.62. The van der Waals surface area contributed by atoms with Crippen LogP contribution < -0.4 is 4.74 Å². The van der Waals surface area contributed by atoms with Crippen molar-refractivity contribution in [2.75, 3.05) is 7.11 Å². The SMILES string of the molecule is COc1cc(Cl)cc(-c2cc(C)nn2-c2ccccn2)c1. The number of methoxy groups -OCH3 is 1. The summed E-state index contributed by atoms with van der Waals surface area (Å²) >= 11 is 6.16. The lowest BCUT2D eigenvalue weighted by atomic mass is 10.1. The summed E-state index contributed by atoms with van der Waals surface area (Å²) in [6.07, 6.45) is 1.74. The monoisotopic (exact) mass is 299 g/mol. The summed E-state index contributed by atoms with van der Waals surface area (Å²) in [6.45, 7) is 1.95. The number of halogens is 1. The van der Waals surface area contributed by atoms with Gasteiger partial charge < -0.3 is 4.74 Å². The molecule has 106 valence electrons. The predicted molar refractivity (Wildman–Crippen MR) is 83.1 cm³/mol. The molecule has 0 amide bonds. The molecule has 0 N–H and O–H groups in total. The Morgan fingerprint density at radius 1 is 1.14 bits per heavy atom. The molecule has 5 heteroatoms. The number of rotatable bonds is 3. The molecule has 3 rings (SSSR count). The molecule has 1 aromatic carbocycles. The second kappa shape index (κ2) is 5.58. The number of pyridine rings is 1. The van der Waals surface area contributed by atoms with Crippen LogP contribution in [0, 0.1) is 6.92 Å². The topological polar surface area (TPSA) is 39.9 Å². The number of hydrogen-bond donors (Lipinski definition) is 0. The third-order valence-corrected chi connectivity index (χ3v) is 3.32. The van der Waals surface area contributed by atoms with Gasteiger partial charge in [-0.05, 0) is 43.3 Å². The van der Waals surface area contributed by atoms with Gasteiger partial charge >= 0.3 is 0 Å². The second-order valence-electron chi connectivity index (χ2n) is 4.65. The molecule has 0 atom stereocenters. The van der Waals surface area contributed by atoms with Gasteiger partial charge in [0.1, 0.15) is 5.75 Å². The molecule has 0 bridgehead atoms. The lowest BCUT2D eigenvalue weighted by Gasteiger charge is -2.08. The molecule has 3 aromatic rings. The molecule has 21 heavy (non-hydrogen) atoms. The van der Waals surface area contributed by atoms with Crippen molar-refractivity contribution in [3.63, 3.8) is 0 Å². The first-order chi connectivity index (χ1) is 10.2. The summed E-state index contributed by atoms with van der Waals surface area (Å²) in [5.41, 5.74) is 2.77. The van der Waals surface area contributed by atoms with Crippen molar-refractivity contribution < 1.29 is 4.74 Å². The predicted octanol–water partition coefficient (Wildman–Crippen LogP) is 3.90. The van der Waals surface area contributed by atoms with Crippen LogP contribution in [0.5, 0.6) is 5.75 Å². The molecule has 2 heterocycles. The molecule has 0 aliphatic heterocycles. The van der Waals surface area contributed by atoms with Gasteiger partial charge in [0.15, 0.2) is 5.82 Å². The Bertz CT molecular complexity index is 768. The van der Waals surface area contributed by atoms with E-state index in [2.05, 4.69) is 10.1 Å². The molecular formula is C16H14ClN3O. The largest absolute Gasteiger partial charge is 0.497 e. The van der Waals surface area contributed by atoms with Crippen LogP contribution in [0.25, 0.3) is 17.1 Å². The fourth-order valence-corrected chi connectivity index (χ4v) is 2.41. The van der Waals surface area contributed by atoms with Gasteiger partial charge in [-0.15, -0.1) is 0 Å². The first-order valence-corrected chi connectivity index (χ1v) is 6.88. The number of benzene rings is 1. The molecule has 0 saturated heterocycles. The van der Waals surface area contributed by atoms with Crippen molar-refractivity contribution in [3.05, 3.63) is 59.4 Å². The molecule has 0 aliphatic carbocycles. The van der Waals surface area contributed by atoms with Gasteiger partial charge in [0.2, 0.25) is 0 Å². The third-order valence-electron chi connectivity index (χ3n) is 3.10. The zero-order valence-electron chi connectivity index (χ0n) is 11.7. The molecule has 0 spiro atoms. The van der Waals surface area contributed by atoms with E-state index >= 15 is 0 Å². The minimum absolute atomic E-state index is 0.621. The summed E-state index contributed by atoms with van der Waals surface area (Å²) in [6, 6.07) is 13.3. The van der Waals surface area contributed by atoms with Crippen LogP contribution in [0.2, 0.25) is 5.02 Å². The van der Waals surface area contributed by atoms with Crippen LogP contribution in [-0.4, -0.2) is 21.9 Å². The number of aryl methyl sites for hydroxylation is 1. The average Bonchev–Trinajstić information content (AvgIpc) is 2.89. The van der Waals surface area contributed by atoms with Crippen molar-refractivity contribution >= 4 is 11.6 Å². The van der Waals surface area contributed by atoms with Crippen LogP contribution in [0.15, 0.2) is 48.7 Å². The number of nitrogens with zero attached hydrogens (tertiary/aromatic N) is 3. The van der Waals surface area contributed by atoms with Gasteiger partial charge in [0.25, 0.3) is 0 Å². The van der Waals surface area contributed by atoms with Crippen LogP contribution in [-0.2, 0) is 0 Å². The van der Waals surface area contributed by atoms with E-state index < -0.39 is 0 Å². The van der Waals surface area contributed by atoms with Crippen molar-refractivity contribution in [3.8, 4) is 22.8 Å². The Morgan fingerprint density at radius 3 is 2.71 bits per heavy atom. The molecule has 0 fully saturated rings. The Hall–Kier alpha value is -2.33. The highest BCUT2D eigenvalue weighted by Crippen LogP contribution is 2.30. The van der Waals surface area contributed by atoms with E-state index in [4.69, 9.17) is 16.3 Å². The maximum atomic E-state index is 6.16. The average molecular weight is 300 g/mol. The highest BCUT2D eigenvalue weighted by atomic mass is 35.5. The van der Waals surface area contributed by atoms with Gasteiger partial charge in [-0.3, -0.25) is 0 Å². The molecular weight excluding hydrogens is 286 g/mol. The van der Waals surface area contributed by atoms with E-state index in [1.54, 1.807) is 24.1 Å². The van der Waals surface area contributed by atoms with Crippen LogP contribution in [0.1, 0.15) is 5.69 Å². The maximum Gasteiger partial charge on any atom is 0.153 e. The van der Waals surface area contributed by atoms with Crippen LogP contribution in [0.4, 0.5) is 0 Å². The fraction of sp³-hybridized carbons (Fsp3) is 0.125. The highest BCUT2D eigenvalue weighted by molar-refractivity contribution is 6.31. The van der Waals surface area contributed by atoms with E-state index in [1.165, 1.54) is 0 Å². The normalized spacial score (nSPS) is 10.6. The van der Waals surface area contributed by atoms with E-state index in [-0.39, 0.29) is 0 Å². The van der Waals surface area contributed by atoms with Crippen molar-refractivity contribution in [2.24, 2.45) is 0 Å². The molecule has 0 radical (unpaired) electrons. The van der Waals surface area contributed by atoms with Crippen molar-refractivity contribution in [1.29, 1.82) is 0 Å². The zero-order valence-corrected chi connectivity index (χ0v) is 12.5. The smallest absolute Gasteiger partial charge is 0.153 e. The minimum atomic E-state index is 0.621. The lowest BCUT2D eigenvalue weighted by Crippen LogP contribution is -2.01. The first-order valence-electron chi connectivity index (χ1n) is 6.50. The van der Waals surface area contributed by atoms with E-state index in [9.17, 15) is 0 Å². The highest BCUT2D eigenvalue weighted by Gasteiger charge is 2.12. The molecule has 4 nitrogen and oxygen atoms in total. The number of aromatic nitrogens is 3. The van der Waals surface area contributed by atoms with Gasteiger partial charge in [-0.25, -0.2) is 9.67 Å². The van der Waals surface area contributed by atoms with E-state index in [1.807, 2.05) is 43.3 Å². The molecule has 0 unspecified atom stereocenters. The quantitative estimate of drug-likeness (QED) is 0.736. The molecule has 0 aliphatic rings. The van der Waals surface area contributed by atoms with Crippen LogP contribution in [0.3, 0.4) is 0 Å². The van der Waals surface area contributed by atoms with Gasteiger partial charge in [-0.1, -0.05) is 17.7 Å². The third kappa shape index (κ3) is 2.76. The van der Waals surface area contributed by atoms with Crippen molar-refractivity contribution in [1.82, 2.24) is 14.8 Å². The number of hydrogen-bond acceptors (Lipinski definition) is 3. The second-order valence-corrected chi connectivity index (χ2v) is 5.09. The Balaban J connectivity index is 2.18. The summed E-state index contributed by atoms with van der Waals surface area (Å²) in [5, 5.41) is 5.13. The lowest BCUT2D eigenvalue weighted by molar-refractivity contribution is 0.415. The summed E-state index contributed by atoms with van der Waals surface area (Å²) in [5.74, 6) is 1.48. The van der Waals surface area contributed by atoms with E-state index in [0.29, 0.717) is 10.8 Å². The van der Waals surface area contributed by atoms with E-state index in [0.717, 1.165) is 22.8 Å². The Labute approximate surface area is 128 Å². The zero-order chi connectivity index (χ0) is 14.8. The van der Waals surface area contributed by atoms with Crippen LogP contribution >= 0.6 is 11.6 Å². The summed E-state index contributed by atoms with van der Waals surface area (Å²) in [4.78, 5) is 4.35. The van der Waals surface area contributed by atoms with Gasteiger partial charge in [0.05, 0.1) is 18.5 Å². The first kappa shape index (κ1) is 13.6. The minimum Gasteiger partial charge on any atom is -0.497 e. The van der Waals surface area contributed by atoms with Crippen molar-refractivity contribution in [2.45, 2.75) is 6.92 Å². The maximum absolute atomic E-state index is 6.16.